The van der Waals surface area contributed by atoms with Gasteiger partial charge in [-0.2, -0.15) is 0 Å². The molecular formula is C26H34N2S. The van der Waals surface area contributed by atoms with Gasteiger partial charge in [0.15, 0.2) is 0 Å². The van der Waals surface area contributed by atoms with Crippen molar-refractivity contribution in [2.45, 2.75) is 67.2 Å². The van der Waals surface area contributed by atoms with Gasteiger partial charge in [-0.3, -0.25) is 0 Å². The Hall–Kier alpha value is -1.45. The predicted octanol–water partition coefficient (Wildman–Crippen LogP) is 6.33. The van der Waals surface area contributed by atoms with E-state index in [-0.39, 0.29) is 0 Å². The van der Waals surface area contributed by atoms with Crippen molar-refractivity contribution >= 4 is 17.4 Å². The Morgan fingerprint density at radius 1 is 0.966 bits per heavy atom. The minimum atomic E-state index is 0.672. The Morgan fingerprint density at radius 2 is 1.76 bits per heavy atom. The minimum Gasteiger partial charge on any atom is -0.370 e. The van der Waals surface area contributed by atoms with E-state index in [9.17, 15) is 0 Å². The number of para-hydroxylation sites is 1. The summed E-state index contributed by atoms with van der Waals surface area (Å²) in [5.74, 6) is 1.62. The number of piperidine rings is 1. The van der Waals surface area contributed by atoms with E-state index >= 15 is 0 Å². The highest BCUT2D eigenvalue weighted by Gasteiger charge is 2.41. The van der Waals surface area contributed by atoms with Gasteiger partial charge >= 0.3 is 0 Å². The zero-order valence-electron chi connectivity index (χ0n) is 17.9. The molecule has 1 unspecified atom stereocenters. The topological polar surface area (TPSA) is 6.48 Å². The Balaban J connectivity index is 1.35. The summed E-state index contributed by atoms with van der Waals surface area (Å²) in [5, 5.41) is 0. The van der Waals surface area contributed by atoms with Crippen LogP contribution in [-0.4, -0.2) is 37.6 Å². The van der Waals surface area contributed by atoms with Gasteiger partial charge in [-0.05, 0) is 55.9 Å². The number of aryl methyl sites for hydroxylation is 1. The Labute approximate surface area is 180 Å². The first-order valence-electron chi connectivity index (χ1n) is 11.5. The fourth-order valence-electron chi connectivity index (χ4n) is 5.87. The van der Waals surface area contributed by atoms with E-state index < -0.39 is 0 Å². The van der Waals surface area contributed by atoms with Crippen LogP contribution in [0.25, 0.3) is 0 Å². The van der Waals surface area contributed by atoms with Crippen molar-refractivity contribution in [3.63, 3.8) is 0 Å². The molecule has 2 aromatic rings. The largest absolute Gasteiger partial charge is 0.370 e. The lowest BCUT2D eigenvalue weighted by Gasteiger charge is -2.39. The van der Waals surface area contributed by atoms with E-state index in [0.717, 1.165) is 5.92 Å². The molecule has 1 saturated heterocycles. The standard InChI is InChI=1S/C26H34N2S/c1-19-11-13-21(14-12-19)29-25-10-6-9-22-23-18-28(17-20-7-4-3-5-8-20)16-15-24(23)27(2)26(22)25/h6,9-14,20,23-24H,3-5,7-8,15-18H2,1-2H3/t23?,24-/m0/s1. The van der Waals surface area contributed by atoms with Gasteiger partial charge < -0.3 is 9.80 Å². The second-order valence-electron chi connectivity index (χ2n) is 9.45. The van der Waals surface area contributed by atoms with Crippen LogP contribution >= 0.6 is 11.8 Å². The van der Waals surface area contributed by atoms with Gasteiger partial charge in [-0.1, -0.05) is 60.9 Å². The highest BCUT2D eigenvalue weighted by molar-refractivity contribution is 7.99. The fraction of sp³-hybridized carbons (Fsp3) is 0.538. The number of nitrogens with zero attached hydrogens (tertiary/aromatic N) is 2. The minimum absolute atomic E-state index is 0.672. The molecule has 1 aliphatic carbocycles. The molecule has 0 bridgehead atoms. The number of hydrogen-bond acceptors (Lipinski definition) is 3. The van der Waals surface area contributed by atoms with E-state index in [1.807, 2.05) is 11.8 Å². The van der Waals surface area contributed by atoms with E-state index in [1.165, 1.54) is 79.2 Å². The summed E-state index contributed by atoms with van der Waals surface area (Å²) in [7, 11) is 2.33. The van der Waals surface area contributed by atoms with Gasteiger partial charge in [-0.15, -0.1) is 0 Å². The summed E-state index contributed by atoms with van der Waals surface area (Å²) >= 11 is 1.92. The molecule has 29 heavy (non-hydrogen) atoms. The molecule has 0 radical (unpaired) electrons. The Kier molecular flexibility index (Phi) is 5.62. The van der Waals surface area contributed by atoms with Crippen LogP contribution in [-0.2, 0) is 0 Å². The maximum absolute atomic E-state index is 2.79. The number of anilines is 1. The zero-order chi connectivity index (χ0) is 19.8. The predicted molar refractivity (Wildman–Crippen MR) is 124 cm³/mol. The first-order valence-corrected chi connectivity index (χ1v) is 12.3. The van der Waals surface area contributed by atoms with Crippen molar-refractivity contribution in [2.24, 2.45) is 5.92 Å². The van der Waals surface area contributed by atoms with E-state index in [0.29, 0.717) is 12.0 Å². The molecule has 3 aliphatic rings. The molecular weight excluding hydrogens is 372 g/mol. The van der Waals surface area contributed by atoms with Crippen LogP contribution in [0.4, 0.5) is 5.69 Å². The average Bonchev–Trinajstić information content (AvgIpc) is 3.03. The zero-order valence-corrected chi connectivity index (χ0v) is 18.8. The van der Waals surface area contributed by atoms with Gasteiger partial charge in [0.1, 0.15) is 0 Å². The highest BCUT2D eigenvalue weighted by Crippen LogP contribution is 2.49. The Morgan fingerprint density at radius 3 is 2.55 bits per heavy atom. The summed E-state index contributed by atoms with van der Waals surface area (Å²) in [6.07, 6.45) is 8.58. The highest BCUT2D eigenvalue weighted by atomic mass is 32.2. The van der Waals surface area contributed by atoms with Crippen LogP contribution in [0.5, 0.6) is 0 Å². The van der Waals surface area contributed by atoms with Crippen molar-refractivity contribution in [1.29, 1.82) is 0 Å². The average molecular weight is 407 g/mol. The number of likely N-dealkylation sites (N-methyl/N-ethyl adjacent to an activating group) is 1. The first kappa shape index (κ1) is 19.5. The molecule has 0 amide bonds. The monoisotopic (exact) mass is 406 g/mol. The molecule has 0 aromatic heterocycles. The molecule has 2 heterocycles. The van der Waals surface area contributed by atoms with Crippen LogP contribution in [0, 0.1) is 12.8 Å². The molecule has 0 spiro atoms. The van der Waals surface area contributed by atoms with Crippen LogP contribution < -0.4 is 4.90 Å². The van der Waals surface area contributed by atoms with Gasteiger partial charge in [-0.25, -0.2) is 0 Å². The van der Waals surface area contributed by atoms with E-state index in [4.69, 9.17) is 0 Å². The van der Waals surface area contributed by atoms with Crippen molar-refractivity contribution in [1.82, 2.24) is 4.90 Å². The van der Waals surface area contributed by atoms with Crippen LogP contribution in [0.3, 0.4) is 0 Å². The number of rotatable bonds is 4. The second kappa shape index (κ2) is 8.35. The molecule has 5 rings (SSSR count). The molecule has 3 heteroatoms. The summed E-state index contributed by atoms with van der Waals surface area (Å²) in [6.45, 7) is 6.01. The summed E-state index contributed by atoms with van der Waals surface area (Å²) in [6, 6.07) is 16.6. The molecule has 0 N–H and O–H groups in total. The SMILES string of the molecule is Cc1ccc(Sc2cccc3c2N(C)[C@H]2CCN(CC4CCCCC4)CC32)cc1. The Bertz CT molecular complexity index is 840. The summed E-state index contributed by atoms with van der Waals surface area (Å²) in [4.78, 5) is 8.15. The maximum Gasteiger partial charge on any atom is 0.0544 e. The normalized spacial score (nSPS) is 25.1. The van der Waals surface area contributed by atoms with Gasteiger partial charge in [0, 0.05) is 48.4 Å². The van der Waals surface area contributed by atoms with Crippen molar-refractivity contribution < 1.29 is 0 Å². The molecule has 2 nitrogen and oxygen atoms in total. The molecule has 154 valence electrons. The van der Waals surface area contributed by atoms with Gasteiger partial charge in [0.05, 0.1) is 5.69 Å². The smallest absolute Gasteiger partial charge is 0.0544 e. The van der Waals surface area contributed by atoms with Crippen LogP contribution in [0.15, 0.2) is 52.3 Å². The summed E-state index contributed by atoms with van der Waals surface area (Å²) in [5.41, 5.74) is 4.41. The third-order valence-electron chi connectivity index (χ3n) is 7.43. The third-order valence-corrected chi connectivity index (χ3v) is 8.49. The number of fused-ring (bicyclic) bond motifs is 3. The van der Waals surface area contributed by atoms with Crippen molar-refractivity contribution in [3.05, 3.63) is 53.6 Å². The third kappa shape index (κ3) is 3.96. The lowest BCUT2D eigenvalue weighted by Crippen LogP contribution is -2.46. The van der Waals surface area contributed by atoms with Gasteiger partial charge in [0.2, 0.25) is 0 Å². The quantitative estimate of drug-likeness (QED) is 0.585. The lowest BCUT2D eigenvalue weighted by atomic mass is 9.86. The molecule has 2 fully saturated rings. The van der Waals surface area contributed by atoms with Gasteiger partial charge in [0.25, 0.3) is 0 Å². The molecule has 2 aliphatic heterocycles. The van der Waals surface area contributed by atoms with Crippen LogP contribution in [0.2, 0.25) is 0 Å². The lowest BCUT2D eigenvalue weighted by molar-refractivity contribution is 0.152. The van der Waals surface area contributed by atoms with Crippen molar-refractivity contribution in [2.75, 3.05) is 31.6 Å². The second-order valence-corrected chi connectivity index (χ2v) is 10.6. The van der Waals surface area contributed by atoms with Crippen LogP contribution in [0.1, 0.15) is 55.6 Å². The molecule has 2 atom stereocenters. The van der Waals surface area contributed by atoms with E-state index in [1.54, 1.807) is 5.56 Å². The summed E-state index contributed by atoms with van der Waals surface area (Å²) < 4.78 is 0. The van der Waals surface area contributed by atoms with Crippen molar-refractivity contribution in [3.8, 4) is 0 Å². The number of likely N-dealkylation sites (tertiary alicyclic amines) is 1. The molecule has 1 saturated carbocycles. The molecule has 2 aromatic carbocycles. The first-order chi connectivity index (χ1) is 14.2. The number of benzene rings is 2. The maximum atomic E-state index is 2.79. The fourth-order valence-corrected chi connectivity index (χ4v) is 6.91. The van der Waals surface area contributed by atoms with E-state index in [2.05, 4.69) is 66.2 Å². The number of hydrogen-bond donors (Lipinski definition) is 0.